The largest absolute Gasteiger partial charge is 0.451 e. The van der Waals surface area contributed by atoms with Gasteiger partial charge in [0.15, 0.2) is 12.1 Å². The molecule has 1 aromatic heterocycles. The van der Waals surface area contributed by atoms with E-state index in [0.717, 1.165) is 6.41 Å². The zero-order valence-corrected chi connectivity index (χ0v) is 8.13. The molecule has 0 unspecified atom stereocenters. The molecule has 1 saturated heterocycles. The summed E-state index contributed by atoms with van der Waals surface area (Å²) in [7, 11) is 0. The molecular formula is C9H11N3O3. The van der Waals surface area contributed by atoms with E-state index in [4.69, 9.17) is 4.42 Å². The Morgan fingerprint density at radius 3 is 2.67 bits per heavy atom. The van der Waals surface area contributed by atoms with Gasteiger partial charge in [0, 0.05) is 26.2 Å². The fourth-order valence-electron chi connectivity index (χ4n) is 1.51. The lowest BCUT2D eigenvalue weighted by Gasteiger charge is -2.31. The first-order valence-electron chi connectivity index (χ1n) is 4.68. The van der Waals surface area contributed by atoms with Crippen LogP contribution in [0.2, 0.25) is 0 Å². The zero-order chi connectivity index (χ0) is 10.7. The highest BCUT2D eigenvalue weighted by atomic mass is 16.3. The lowest BCUT2D eigenvalue weighted by Crippen LogP contribution is -2.48. The van der Waals surface area contributed by atoms with E-state index in [0.29, 0.717) is 31.9 Å². The van der Waals surface area contributed by atoms with Crippen LogP contribution in [0.3, 0.4) is 0 Å². The fraction of sp³-hybridized carbons (Fsp3) is 0.444. The smallest absolute Gasteiger partial charge is 0.275 e. The number of rotatable bonds is 2. The first kappa shape index (κ1) is 9.70. The Hall–Kier alpha value is -1.85. The Morgan fingerprint density at radius 2 is 2.13 bits per heavy atom. The maximum absolute atomic E-state index is 11.8. The van der Waals surface area contributed by atoms with E-state index in [9.17, 15) is 9.59 Å². The average molecular weight is 209 g/mol. The Bertz CT molecular complexity index is 341. The summed E-state index contributed by atoms with van der Waals surface area (Å²) in [6, 6.07) is 0. The Morgan fingerprint density at radius 1 is 1.40 bits per heavy atom. The molecule has 6 heteroatoms. The monoisotopic (exact) mass is 209 g/mol. The molecular weight excluding hydrogens is 198 g/mol. The number of piperazine rings is 1. The van der Waals surface area contributed by atoms with Crippen LogP contribution in [0.15, 0.2) is 17.1 Å². The molecule has 2 heterocycles. The molecule has 0 bridgehead atoms. The van der Waals surface area contributed by atoms with Gasteiger partial charge >= 0.3 is 0 Å². The van der Waals surface area contributed by atoms with Crippen LogP contribution in [0, 0.1) is 0 Å². The highest BCUT2D eigenvalue weighted by Crippen LogP contribution is 2.05. The van der Waals surface area contributed by atoms with Crippen molar-refractivity contribution >= 4 is 12.3 Å². The minimum atomic E-state index is -0.144. The van der Waals surface area contributed by atoms with Crippen molar-refractivity contribution in [1.29, 1.82) is 0 Å². The van der Waals surface area contributed by atoms with Gasteiger partial charge in [-0.3, -0.25) is 9.59 Å². The molecule has 6 nitrogen and oxygen atoms in total. The molecule has 2 amide bonds. The Kier molecular flexibility index (Phi) is 2.66. The summed E-state index contributed by atoms with van der Waals surface area (Å²) in [6.45, 7) is 2.25. The van der Waals surface area contributed by atoms with Crippen molar-refractivity contribution in [3.05, 3.63) is 18.4 Å². The molecule has 1 fully saturated rings. The molecule has 0 aromatic carbocycles. The SMILES string of the molecule is O=CN1CCN(C(=O)c2cocn2)CC1. The van der Waals surface area contributed by atoms with Crippen LogP contribution < -0.4 is 0 Å². The lowest BCUT2D eigenvalue weighted by atomic mass is 10.3. The Labute approximate surface area is 86.5 Å². The molecule has 0 N–H and O–H groups in total. The van der Waals surface area contributed by atoms with Crippen molar-refractivity contribution < 1.29 is 14.0 Å². The predicted molar refractivity (Wildman–Crippen MR) is 50.0 cm³/mol. The van der Waals surface area contributed by atoms with Crippen molar-refractivity contribution in [2.75, 3.05) is 26.2 Å². The quantitative estimate of drug-likeness (QED) is 0.621. The van der Waals surface area contributed by atoms with Gasteiger partial charge in [0.1, 0.15) is 6.26 Å². The molecule has 1 aliphatic rings. The standard InChI is InChI=1S/C9H11N3O3/c13-7-11-1-3-12(4-2-11)9(14)8-5-15-6-10-8/h5-7H,1-4H2. The third-order valence-corrected chi connectivity index (χ3v) is 2.40. The Balaban J connectivity index is 1.96. The molecule has 0 radical (unpaired) electrons. The minimum Gasteiger partial charge on any atom is -0.451 e. The number of hydrogen-bond donors (Lipinski definition) is 0. The second kappa shape index (κ2) is 4.12. The van der Waals surface area contributed by atoms with E-state index in [1.165, 1.54) is 12.7 Å². The molecule has 2 rings (SSSR count). The maximum atomic E-state index is 11.8. The fourth-order valence-corrected chi connectivity index (χ4v) is 1.51. The molecule has 0 aliphatic carbocycles. The lowest BCUT2D eigenvalue weighted by molar-refractivity contribution is -0.119. The van der Waals surface area contributed by atoms with Gasteiger partial charge < -0.3 is 14.2 Å². The molecule has 0 saturated carbocycles. The van der Waals surface area contributed by atoms with E-state index in [1.807, 2.05) is 0 Å². The molecule has 1 aromatic rings. The normalized spacial score (nSPS) is 16.5. The molecule has 15 heavy (non-hydrogen) atoms. The van der Waals surface area contributed by atoms with Crippen LogP contribution >= 0.6 is 0 Å². The van der Waals surface area contributed by atoms with Crippen molar-refractivity contribution in [3.63, 3.8) is 0 Å². The number of hydrogen-bond acceptors (Lipinski definition) is 4. The topological polar surface area (TPSA) is 66.7 Å². The van der Waals surface area contributed by atoms with Gasteiger partial charge in [-0.15, -0.1) is 0 Å². The summed E-state index contributed by atoms with van der Waals surface area (Å²) in [4.78, 5) is 29.3. The van der Waals surface area contributed by atoms with E-state index in [2.05, 4.69) is 4.98 Å². The number of oxazole rings is 1. The van der Waals surface area contributed by atoms with Crippen LogP contribution in [0.1, 0.15) is 10.5 Å². The predicted octanol–water partition coefficient (Wildman–Crippen LogP) is -0.411. The number of carbonyl (C=O) groups is 2. The van der Waals surface area contributed by atoms with Gasteiger partial charge in [-0.05, 0) is 0 Å². The van der Waals surface area contributed by atoms with Crippen LogP contribution in [-0.2, 0) is 4.79 Å². The molecule has 1 aliphatic heterocycles. The summed E-state index contributed by atoms with van der Waals surface area (Å²) < 4.78 is 4.74. The molecule has 0 spiro atoms. The van der Waals surface area contributed by atoms with E-state index < -0.39 is 0 Å². The molecule has 80 valence electrons. The summed E-state index contributed by atoms with van der Waals surface area (Å²) in [6.07, 6.45) is 3.36. The zero-order valence-electron chi connectivity index (χ0n) is 8.13. The maximum Gasteiger partial charge on any atom is 0.275 e. The summed E-state index contributed by atoms with van der Waals surface area (Å²) in [5.41, 5.74) is 0.314. The highest BCUT2D eigenvalue weighted by Gasteiger charge is 2.22. The first-order chi connectivity index (χ1) is 7.31. The van der Waals surface area contributed by atoms with Gasteiger partial charge in [-0.25, -0.2) is 4.98 Å². The minimum absolute atomic E-state index is 0.144. The number of carbonyl (C=O) groups excluding carboxylic acids is 2. The van der Waals surface area contributed by atoms with Gasteiger partial charge in [0.2, 0.25) is 6.41 Å². The van der Waals surface area contributed by atoms with Crippen molar-refractivity contribution in [3.8, 4) is 0 Å². The highest BCUT2D eigenvalue weighted by molar-refractivity contribution is 5.92. The summed E-state index contributed by atoms with van der Waals surface area (Å²) in [5, 5.41) is 0. The van der Waals surface area contributed by atoms with E-state index in [-0.39, 0.29) is 5.91 Å². The molecule has 0 atom stereocenters. The average Bonchev–Trinajstić information content (AvgIpc) is 2.82. The summed E-state index contributed by atoms with van der Waals surface area (Å²) >= 11 is 0. The van der Waals surface area contributed by atoms with Gasteiger partial charge in [-0.2, -0.15) is 0 Å². The van der Waals surface area contributed by atoms with Crippen LogP contribution in [0.4, 0.5) is 0 Å². The second-order valence-electron chi connectivity index (χ2n) is 3.31. The van der Waals surface area contributed by atoms with Gasteiger partial charge in [0.25, 0.3) is 5.91 Å². The van der Waals surface area contributed by atoms with Crippen LogP contribution in [0.5, 0.6) is 0 Å². The van der Waals surface area contributed by atoms with Crippen LogP contribution in [0.25, 0.3) is 0 Å². The number of nitrogens with zero attached hydrogens (tertiary/aromatic N) is 3. The van der Waals surface area contributed by atoms with Crippen molar-refractivity contribution in [1.82, 2.24) is 14.8 Å². The number of aromatic nitrogens is 1. The first-order valence-corrected chi connectivity index (χ1v) is 4.68. The summed E-state index contributed by atoms with van der Waals surface area (Å²) in [5.74, 6) is -0.144. The third kappa shape index (κ3) is 1.98. The van der Waals surface area contributed by atoms with Gasteiger partial charge in [-0.1, -0.05) is 0 Å². The van der Waals surface area contributed by atoms with Gasteiger partial charge in [0.05, 0.1) is 0 Å². The van der Waals surface area contributed by atoms with Crippen molar-refractivity contribution in [2.45, 2.75) is 0 Å². The van der Waals surface area contributed by atoms with Crippen LogP contribution in [-0.4, -0.2) is 53.3 Å². The second-order valence-corrected chi connectivity index (χ2v) is 3.31. The van der Waals surface area contributed by atoms with E-state index in [1.54, 1.807) is 9.80 Å². The number of amides is 2. The third-order valence-electron chi connectivity index (χ3n) is 2.40. The van der Waals surface area contributed by atoms with E-state index >= 15 is 0 Å². The van der Waals surface area contributed by atoms with Crippen molar-refractivity contribution in [2.24, 2.45) is 0 Å².